The lowest BCUT2D eigenvalue weighted by molar-refractivity contribution is -0.111. The number of benzene rings is 3. The van der Waals surface area contributed by atoms with Crippen molar-refractivity contribution in [3.8, 4) is 16.8 Å². The number of nitrogens with zero attached hydrogens (tertiary/aromatic N) is 2. The fraction of sp³-hybridized carbons (Fsp3) is 0.156. The third-order valence-corrected chi connectivity index (χ3v) is 8.27. The molecule has 3 aromatic carbocycles. The number of carbonyl (C=O) groups is 1. The molecule has 2 aromatic heterocycles. The van der Waals surface area contributed by atoms with Crippen LogP contribution in [0.3, 0.4) is 0 Å². The normalized spacial score (nSPS) is 11.5. The van der Waals surface area contributed by atoms with E-state index >= 15 is 0 Å². The fourth-order valence-corrected chi connectivity index (χ4v) is 5.98. The largest absolute Gasteiger partial charge is 0.322 e. The van der Waals surface area contributed by atoms with Crippen molar-refractivity contribution in [3.05, 3.63) is 108 Å². The van der Waals surface area contributed by atoms with Gasteiger partial charge in [-0.15, -0.1) is 0 Å². The highest BCUT2D eigenvalue weighted by atomic mass is 32.2. The van der Waals surface area contributed by atoms with Crippen molar-refractivity contribution in [2.45, 2.75) is 26.7 Å². The van der Waals surface area contributed by atoms with Gasteiger partial charge in [-0.05, 0) is 78.6 Å². The SMILES string of the molecule is C=CC(=O)Nc1cc(-n2c(=O)ccc3cnc4ccc(-c5ccc(NS(=O)(=O)CCCC)cc5)cc4c32)ccc1C. The van der Waals surface area contributed by atoms with Crippen molar-refractivity contribution >= 4 is 49.1 Å². The Hall–Kier alpha value is -4.76. The maximum atomic E-state index is 13.3. The second-order valence-electron chi connectivity index (χ2n) is 9.85. The molecule has 5 aromatic rings. The second kappa shape index (κ2) is 11.4. The zero-order valence-electron chi connectivity index (χ0n) is 22.8. The molecular formula is C32H30N4O4S. The molecular weight excluding hydrogens is 536 g/mol. The first-order valence-electron chi connectivity index (χ1n) is 13.3. The Morgan fingerprint density at radius 3 is 2.49 bits per heavy atom. The first kappa shape index (κ1) is 27.8. The van der Waals surface area contributed by atoms with Crippen molar-refractivity contribution < 1.29 is 13.2 Å². The van der Waals surface area contributed by atoms with Gasteiger partial charge in [0.25, 0.3) is 5.56 Å². The van der Waals surface area contributed by atoms with Crippen LogP contribution in [0.5, 0.6) is 0 Å². The number of aryl methyl sites for hydroxylation is 1. The van der Waals surface area contributed by atoms with Gasteiger partial charge in [-0.3, -0.25) is 23.9 Å². The molecule has 1 amide bonds. The molecule has 8 nitrogen and oxygen atoms in total. The van der Waals surface area contributed by atoms with Crippen molar-refractivity contribution in [3.63, 3.8) is 0 Å². The van der Waals surface area contributed by atoms with E-state index in [1.807, 2.05) is 56.3 Å². The molecule has 0 aliphatic heterocycles. The summed E-state index contributed by atoms with van der Waals surface area (Å²) >= 11 is 0. The molecule has 0 saturated carbocycles. The Balaban J connectivity index is 1.61. The minimum atomic E-state index is -3.40. The van der Waals surface area contributed by atoms with Crippen LogP contribution in [-0.2, 0) is 14.8 Å². The predicted octanol–water partition coefficient (Wildman–Crippen LogP) is 6.18. The topological polar surface area (TPSA) is 110 Å². The van der Waals surface area contributed by atoms with Crippen LogP contribution in [-0.4, -0.2) is 29.6 Å². The molecule has 0 bridgehead atoms. The molecule has 0 atom stereocenters. The lowest BCUT2D eigenvalue weighted by Gasteiger charge is -2.15. The zero-order valence-corrected chi connectivity index (χ0v) is 23.7. The van der Waals surface area contributed by atoms with E-state index in [9.17, 15) is 18.0 Å². The van der Waals surface area contributed by atoms with Gasteiger partial charge in [0, 0.05) is 34.4 Å². The number of rotatable bonds is 9. The Bertz CT molecular complexity index is 1960. The van der Waals surface area contributed by atoms with Gasteiger partial charge < -0.3 is 5.32 Å². The van der Waals surface area contributed by atoms with E-state index < -0.39 is 10.0 Å². The highest BCUT2D eigenvalue weighted by Crippen LogP contribution is 2.31. The standard InChI is InChI=1S/C32H30N4O4S/c1-4-6-17-41(39,40)35-25-12-8-22(9-13-25)23-10-15-28-27(18-23)32-24(20-33-28)11-16-31(38)36(32)26-14-7-21(3)29(19-26)34-30(37)5-2/h5,7-16,18-20,35H,2,4,6,17H2,1,3H3,(H,34,37). The molecule has 0 aliphatic carbocycles. The molecule has 0 saturated heterocycles. The number of fused-ring (bicyclic) bond motifs is 3. The maximum Gasteiger partial charge on any atom is 0.255 e. The molecule has 0 aliphatic rings. The van der Waals surface area contributed by atoms with Gasteiger partial charge in [0.2, 0.25) is 15.9 Å². The third kappa shape index (κ3) is 5.90. The van der Waals surface area contributed by atoms with E-state index in [1.54, 1.807) is 35.0 Å². The summed E-state index contributed by atoms with van der Waals surface area (Å²) in [6.07, 6.45) is 4.34. The Labute approximate surface area is 238 Å². The van der Waals surface area contributed by atoms with Gasteiger partial charge in [-0.1, -0.05) is 44.2 Å². The lowest BCUT2D eigenvalue weighted by Crippen LogP contribution is -2.18. The van der Waals surface area contributed by atoms with Crippen LogP contribution in [0.15, 0.2) is 96.4 Å². The average molecular weight is 567 g/mol. The molecule has 0 radical (unpaired) electrons. The summed E-state index contributed by atoms with van der Waals surface area (Å²) in [4.78, 5) is 29.9. The van der Waals surface area contributed by atoms with E-state index in [0.29, 0.717) is 34.5 Å². The molecule has 208 valence electrons. The quantitative estimate of drug-likeness (QED) is 0.164. The summed E-state index contributed by atoms with van der Waals surface area (Å²) in [6, 6.07) is 21.8. The van der Waals surface area contributed by atoms with Gasteiger partial charge in [0.15, 0.2) is 0 Å². The van der Waals surface area contributed by atoms with E-state index in [2.05, 4.69) is 21.6 Å². The summed E-state index contributed by atoms with van der Waals surface area (Å²) < 4.78 is 28.9. The van der Waals surface area contributed by atoms with Gasteiger partial charge in [-0.2, -0.15) is 0 Å². The van der Waals surface area contributed by atoms with Gasteiger partial charge in [-0.25, -0.2) is 8.42 Å². The molecule has 9 heteroatoms. The minimum Gasteiger partial charge on any atom is -0.322 e. The highest BCUT2D eigenvalue weighted by Gasteiger charge is 2.14. The number of nitrogens with one attached hydrogen (secondary N) is 2. The molecule has 0 spiro atoms. The molecule has 41 heavy (non-hydrogen) atoms. The van der Waals surface area contributed by atoms with Crippen molar-refractivity contribution in [2.24, 2.45) is 0 Å². The number of carbonyl (C=O) groups excluding carboxylic acids is 1. The van der Waals surface area contributed by atoms with Crippen LogP contribution in [0.1, 0.15) is 25.3 Å². The highest BCUT2D eigenvalue weighted by molar-refractivity contribution is 7.92. The van der Waals surface area contributed by atoms with E-state index in [1.165, 1.54) is 12.1 Å². The number of amides is 1. The van der Waals surface area contributed by atoms with Crippen LogP contribution in [0, 0.1) is 6.92 Å². The van der Waals surface area contributed by atoms with Gasteiger partial charge in [0.05, 0.1) is 22.5 Å². The first-order valence-corrected chi connectivity index (χ1v) is 14.9. The van der Waals surface area contributed by atoms with Gasteiger partial charge in [0.1, 0.15) is 0 Å². The number of anilines is 2. The number of hydrogen-bond donors (Lipinski definition) is 2. The summed E-state index contributed by atoms with van der Waals surface area (Å²) in [6.45, 7) is 7.34. The van der Waals surface area contributed by atoms with Crippen LogP contribution in [0.25, 0.3) is 38.6 Å². The average Bonchev–Trinajstić information content (AvgIpc) is 2.97. The van der Waals surface area contributed by atoms with E-state index in [0.717, 1.165) is 33.9 Å². The monoisotopic (exact) mass is 566 g/mol. The molecule has 0 unspecified atom stereocenters. The first-order chi connectivity index (χ1) is 19.7. The van der Waals surface area contributed by atoms with Crippen molar-refractivity contribution in [2.75, 3.05) is 15.8 Å². The van der Waals surface area contributed by atoms with Crippen molar-refractivity contribution in [1.29, 1.82) is 0 Å². The number of aromatic nitrogens is 2. The Kier molecular flexibility index (Phi) is 7.72. The molecule has 5 rings (SSSR count). The molecule has 0 fully saturated rings. The Morgan fingerprint density at radius 2 is 1.76 bits per heavy atom. The number of sulfonamides is 1. The molecule has 2 heterocycles. The van der Waals surface area contributed by atoms with Crippen LogP contribution in [0.2, 0.25) is 0 Å². The summed E-state index contributed by atoms with van der Waals surface area (Å²) in [5, 5.41) is 4.36. The number of hydrogen-bond acceptors (Lipinski definition) is 5. The zero-order chi connectivity index (χ0) is 29.1. The van der Waals surface area contributed by atoms with Crippen molar-refractivity contribution in [1.82, 2.24) is 9.55 Å². The predicted molar refractivity (Wildman–Crippen MR) is 166 cm³/mol. The maximum absolute atomic E-state index is 13.3. The third-order valence-electron chi connectivity index (χ3n) is 6.90. The smallest absolute Gasteiger partial charge is 0.255 e. The van der Waals surface area contributed by atoms with Crippen LogP contribution in [0.4, 0.5) is 11.4 Å². The minimum absolute atomic E-state index is 0.0841. The summed E-state index contributed by atoms with van der Waals surface area (Å²) in [5.74, 6) is -0.254. The lowest BCUT2D eigenvalue weighted by atomic mass is 10.0. The number of pyridine rings is 2. The van der Waals surface area contributed by atoms with Crippen LogP contribution >= 0.6 is 0 Å². The van der Waals surface area contributed by atoms with E-state index in [4.69, 9.17) is 0 Å². The number of unbranched alkanes of at least 4 members (excludes halogenated alkanes) is 1. The second-order valence-corrected chi connectivity index (χ2v) is 11.7. The molecule has 2 N–H and O–H groups in total. The van der Waals surface area contributed by atoms with Crippen LogP contribution < -0.4 is 15.6 Å². The van der Waals surface area contributed by atoms with Gasteiger partial charge >= 0.3 is 0 Å². The summed E-state index contributed by atoms with van der Waals surface area (Å²) in [5.41, 5.74) is 5.49. The summed E-state index contributed by atoms with van der Waals surface area (Å²) in [7, 11) is -3.40. The van der Waals surface area contributed by atoms with E-state index in [-0.39, 0.29) is 17.2 Å². The Morgan fingerprint density at radius 1 is 1.00 bits per heavy atom. The fourth-order valence-electron chi connectivity index (χ4n) is 4.71.